The monoisotopic (exact) mass is 445 g/mol. The van der Waals surface area contributed by atoms with Crippen LogP contribution in [0.2, 0.25) is 5.02 Å². The quantitative estimate of drug-likeness (QED) is 0.327. The first-order valence-corrected chi connectivity index (χ1v) is 10.9. The van der Waals surface area contributed by atoms with Gasteiger partial charge >= 0.3 is 0 Å². The summed E-state index contributed by atoms with van der Waals surface area (Å²) in [6, 6.07) is 5.15. The normalized spacial score (nSPS) is 12.8. The molecule has 0 radical (unpaired) electrons. The van der Waals surface area contributed by atoms with E-state index in [9.17, 15) is 5.26 Å². The second-order valence-corrected chi connectivity index (χ2v) is 9.39. The summed E-state index contributed by atoms with van der Waals surface area (Å²) < 4.78 is 7.45. The first kappa shape index (κ1) is 21.2. The summed E-state index contributed by atoms with van der Waals surface area (Å²) in [5, 5.41) is 11.8. The topological polar surface area (TPSA) is 75.6 Å². The number of aliphatic imine (C=N–C) groups is 1. The van der Waals surface area contributed by atoms with Gasteiger partial charge in [0.05, 0.1) is 30.4 Å². The van der Waals surface area contributed by atoms with E-state index in [1.807, 2.05) is 21.7 Å². The fourth-order valence-electron chi connectivity index (χ4n) is 2.56. The van der Waals surface area contributed by atoms with Gasteiger partial charge in [0.15, 0.2) is 10.6 Å². The predicted octanol–water partition coefficient (Wildman–Crippen LogP) is 4.84. The Kier molecular flexibility index (Phi) is 6.52. The predicted molar refractivity (Wildman–Crippen MR) is 118 cm³/mol. The molecule has 0 amide bonds. The Morgan fingerprint density at radius 1 is 1.38 bits per heavy atom. The molecule has 0 saturated carbocycles. The Hall–Kier alpha value is -2.47. The lowest BCUT2D eigenvalue weighted by atomic mass is 9.95. The molecule has 0 aliphatic carbocycles. The van der Waals surface area contributed by atoms with E-state index in [2.05, 4.69) is 36.9 Å². The number of ether oxygens (including phenoxy) is 1. The van der Waals surface area contributed by atoms with Crippen molar-refractivity contribution in [3.63, 3.8) is 0 Å². The van der Waals surface area contributed by atoms with Crippen molar-refractivity contribution in [3.05, 3.63) is 61.2 Å². The van der Waals surface area contributed by atoms with Gasteiger partial charge in [0, 0.05) is 21.5 Å². The zero-order chi connectivity index (χ0) is 21.0. The lowest BCUT2D eigenvalue weighted by molar-refractivity contribution is 0.414. The van der Waals surface area contributed by atoms with Crippen molar-refractivity contribution in [2.45, 2.75) is 32.7 Å². The Morgan fingerprint density at radius 2 is 2.17 bits per heavy atom. The van der Waals surface area contributed by atoms with Crippen LogP contribution in [0.25, 0.3) is 0 Å². The molecule has 0 unspecified atom stereocenters. The summed E-state index contributed by atoms with van der Waals surface area (Å²) in [7, 11) is 1.56. The summed E-state index contributed by atoms with van der Waals surface area (Å²) in [6.07, 6.45) is 3.93. The molecule has 2 aromatic heterocycles. The number of rotatable bonds is 4. The third-order valence-electron chi connectivity index (χ3n) is 4.03. The first-order valence-electron chi connectivity index (χ1n) is 8.75. The van der Waals surface area contributed by atoms with Crippen LogP contribution < -0.4 is 9.54 Å². The van der Waals surface area contributed by atoms with Crippen LogP contribution in [-0.2, 0) is 12.0 Å². The summed E-state index contributed by atoms with van der Waals surface area (Å²) in [5.74, 6) is 0.798. The molecule has 1 aromatic carbocycles. The van der Waals surface area contributed by atoms with E-state index < -0.39 is 0 Å². The number of thiazole rings is 2. The van der Waals surface area contributed by atoms with Gasteiger partial charge in [0.25, 0.3) is 0 Å². The van der Waals surface area contributed by atoms with Crippen LogP contribution in [0.1, 0.15) is 36.9 Å². The van der Waals surface area contributed by atoms with Gasteiger partial charge in [-0.15, -0.1) is 22.7 Å². The lowest BCUT2D eigenvalue weighted by Crippen LogP contribution is -2.17. The molecule has 9 heteroatoms. The minimum atomic E-state index is -0.0391. The molecule has 150 valence electrons. The summed E-state index contributed by atoms with van der Waals surface area (Å²) in [6.45, 7) is 7.04. The molecule has 0 aliphatic rings. The molecule has 2 heterocycles. The smallest absolute Gasteiger partial charge is 0.207 e. The first-order chi connectivity index (χ1) is 13.8. The Bertz CT molecular complexity index is 1130. The standard InChI is InChI=1S/C20H20ClN5OS2/c1-20(2,3)17-9-26(8-14-10-28-12-24-14)19(29-17)25-18(23-11-22)15-7-13(21)5-6-16(15)27-4/h5-7,9-10,12H,8H2,1-4H3. The molecule has 6 nitrogen and oxygen atoms in total. The fourth-order valence-corrected chi connectivity index (χ4v) is 4.33. The number of hydrogen-bond donors (Lipinski definition) is 0. The minimum absolute atomic E-state index is 0.0391. The molecular weight excluding hydrogens is 426 g/mol. The molecule has 3 rings (SSSR count). The number of methoxy groups -OCH3 is 1. The summed E-state index contributed by atoms with van der Waals surface area (Å²) in [4.78, 5) is 14.9. The highest BCUT2D eigenvalue weighted by molar-refractivity contribution is 7.09. The largest absolute Gasteiger partial charge is 0.496 e. The Labute approximate surface area is 182 Å². The molecular formula is C20H20ClN5OS2. The maximum absolute atomic E-state index is 9.24. The van der Waals surface area contributed by atoms with Gasteiger partial charge in [-0.2, -0.15) is 15.2 Å². The van der Waals surface area contributed by atoms with Crippen LogP contribution in [0.4, 0.5) is 0 Å². The van der Waals surface area contributed by atoms with Gasteiger partial charge in [-0.1, -0.05) is 32.4 Å². The molecule has 0 fully saturated rings. The Morgan fingerprint density at radius 3 is 2.79 bits per heavy atom. The molecule has 0 bridgehead atoms. The zero-order valence-corrected chi connectivity index (χ0v) is 18.9. The fraction of sp³-hybridized carbons (Fsp3) is 0.300. The van der Waals surface area contributed by atoms with Crippen LogP contribution >= 0.6 is 34.3 Å². The van der Waals surface area contributed by atoms with Crippen molar-refractivity contribution in [1.29, 1.82) is 5.26 Å². The second-order valence-electron chi connectivity index (χ2n) is 7.23. The molecule has 0 spiro atoms. The van der Waals surface area contributed by atoms with Crippen LogP contribution in [0.3, 0.4) is 0 Å². The summed E-state index contributed by atoms with van der Waals surface area (Å²) in [5.41, 5.74) is 3.28. The van der Waals surface area contributed by atoms with Gasteiger partial charge < -0.3 is 9.30 Å². The number of aromatic nitrogens is 2. The molecule has 0 saturated heterocycles. The van der Waals surface area contributed by atoms with E-state index >= 15 is 0 Å². The molecule has 3 aromatic rings. The van der Waals surface area contributed by atoms with Crippen molar-refractivity contribution < 1.29 is 4.74 Å². The second kappa shape index (κ2) is 8.91. The maximum atomic E-state index is 9.24. The number of amidine groups is 1. The zero-order valence-electron chi connectivity index (χ0n) is 16.5. The number of halogens is 1. The van der Waals surface area contributed by atoms with Gasteiger partial charge in [-0.05, 0) is 23.6 Å². The van der Waals surface area contributed by atoms with E-state index in [0.29, 0.717) is 22.9 Å². The van der Waals surface area contributed by atoms with Crippen molar-refractivity contribution in [2.24, 2.45) is 9.98 Å². The summed E-state index contributed by atoms with van der Waals surface area (Å²) >= 11 is 9.28. The van der Waals surface area contributed by atoms with Gasteiger partial charge in [-0.25, -0.2) is 4.98 Å². The average molecular weight is 446 g/mol. The van der Waals surface area contributed by atoms with Gasteiger partial charge in [0.1, 0.15) is 5.75 Å². The van der Waals surface area contributed by atoms with Crippen molar-refractivity contribution in [2.75, 3.05) is 7.11 Å². The van der Waals surface area contributed by atoms with E-state index in [1.165, 1.54) is 4.88 Å². The van der Waals surface area contributed by atoms with Crippen LogP contribution in [0.15, 0.2) is 45.3 Å². The van der Waals surface area contributed by atoms with E-state index in [0.717, 1.165) is 10.5 Å². The lowest BCUT2D eigenvalue weighted by Gasteiger charge is -2.14. The van der Waals surface area contributed by atoms with Crippen LogP contribution in [0.5, 0.6) is 5.75 Å². The van der Waals surface area contributed by atoms with E-state index in [-0.39, 0.29) is 11.3 Å². The highest BCUT2D eigenvalue weighted by Crippen LogP contribution is 2.26. The molecule has 0 atom stereocenters. The number of nitriles is 1. The Balaban J connectivity index is 2.18. The highest BCUT2D eigenvalue weighted by atomic mass is 35.5. The van der Waals surface area contributed by atoms with Gasteiger partial charge in [-0.3, -0.25) is 0 Å². The highest BCUT2D eigenvalue weighted by Gasteiger charge is 2.19. The number of nitrogens with zero attached hydrogens (tertiary/aromatic N) is 5. The average Bonchev–Trinajstić information content (AvgIpc) is 3.32. The molecule has 29 heavy (non-hydrogen) atoms. The minimum Gasteiger partial charge on any atom is -0.496 e. The number of benzene rings is 1. The van der Waals surface area contributed by atoms with Gasteiger partial charge in [0.2, 0.25) is 6.19 Å². The third kappa shape index (κ3) is 5.12. The molecule has 0 N–H and O–H groups in total. The van der Waals surface area contributed by atoms with E-state index in [4.69, 9.17) is 21.3 Å². The van der Waals surface area contributed by atoms with Crippen molar-refractivity contribution in [1.82, 2.24) is 9.55 Å². The van der Waals surface area contributed by atoms with Crippen molar-refractivity contribution >= 4 is 40.1 Å². The molecule has 0 aliphatic heterocycles. The number of hydrogen-bond acceptors (Lipinski definition) is 6. The van der Waals surface area contributed by atoms with E-state index in [1.54, 1.807) is 48.0 Å². The maximum Gasteiger partial charge on any atom is 0.207 e. The SMILES string of the molecule is COc1ccc(Cl)cc1C(=NC#N)N=c1sc(C(C)(C)C)cn1Cc1cscn1. The van der Waals surface area contributed by atoms with Crippen LogP contribution in [0, 0.1) is 11.5 Å². The van der Waals surface area contributed by atoms with Crippen LogP contribution in [-0.4, -0.2) is 22.5 Å². The third-order valence-corrected chi connectivity index (χ3v) is 6.35. The van der Waals surface area contributed by atoms with Crippen molar-refractivity contribution in [3.8, 4) is 11.9 Å².